The van der Waals surface area contributed by atoms with Crippen molar-refractivity contribution in [2.45, 2.75) is 57.3 Å². The van der Waals surface area contributed by atoms with Crippen molar-refractivity contribution in [3.8, 4) is 0 Å². The Morgan fingerprint density at radius 1 is 1.00 bits per heavy atom. The Kier molecular flexibility index (Phi) is 9.52. The van der Waals surface area contributed by atoms with E-state index in [2.05, 4.69) is 84.1 Å². The highest BCUT2D eigenvalue weighted by atomic mass is 16.1. The lowest BCUT2D eigenvalue weighted by Gasteiger charge is -2.36. The minimum atomic E-state index is 0.326. The van der Waals surface area contributed by atoms with E-state index in [0.717, 1.165) is 69.7 Å². The minimum Gasteiger partial charge on any atom is -0.337 e. The first-order chi connectivity index (χ1) is 17.5. The largest absolute Gasteiger partial charge is 0.337 e. The number of hydrogen-bond acceptors (Lipinski definition) is 3. The van der Waals surface area contributed by atoms with E-state index in [1.807, 2.05) is 7.05 Å². The number of amidine groups is 1. The molecule has 36 heavy (non-hydrogen) atoms. The second-order valence-electron chi connectivity index (χ2n) is 10.7. The SMILES string of the molecule is C=C(Cc1ccccc1)N(C)C(=NC)C1CCN(CCC(CC(=O)C2CCC2)c2ccccc2)CC1. The zero-order chi connectivity index (χ0) is 25.3. The van der Waals surface area contributed by atoms with E-state index in [0.29, 0.717) is 30.0 Å². The van der Waals surface area contributed by atoms with Crippen LogP contribution >= 0.6 is 0 Å². The number of allylic oxidation sites excluding steroid dienone is 1. The normalized spacial score (nSPS) is 18.4. The van der Waals surface area contributed by atoms with E-state index in [9.17, 15) is 4.79 Å². The molecule has 1 saturated heterocycles. The molecule has 1 aliphatic carbocycles. The first-order valence-corrected chi connectivity index (χ1v) is 13.8. The van der Waals surface area contributed by atoms with Crippen LogP contribution in [0.5, 0.6) is 0 Å². The number of piperidine rings is 1. The van der Waals surface area contributed by atoms with Crippen LogP contribution in [-0.2, 0) is 11.2 Å². The van der Waals surface area contributed by atoms with E-state index in [-0.39, 0.29) is 0 Å². The van der Waals surface area contributed by atoms with Crippen LogP contribution in [0.1, 0.15) is 62.0 Å². The standard InChI is InChI=1S/C32H43N3O/c1-25(23-26-11-6-4-7-12-26)34(3)32(33-2)29-17-20-35(21-18-29)22-19-30(27-13-8-5-9-14-27)24-31(36)28-15-10-16-28/h4-9,11-14,28-30H,1,10,15-24H2,2-3H3. The van der Waals surface area contributed by atoms with Crippen LogP contribution in [0.15, 0.2) is 77.9 Å². The highest BCUT2D eigenvalue weighted by Gasteiger charge is 2.29. The first-order valence-electron chi connectivity index (χ1n) is 13.8. The topological polar surface area (TPSA) is 35.9 Å². The first kappa shape index (κ1) is 26.3. The molecule has 0 spiro atoms. The van der Waals surface area contributed by atoms with Crippen molar-refractivity contribution < 1.29 is 4.79 Å². The number of carbonyl (C=O) groups is 1. The molecule has 0 N–H and O–H groups in total. The van der Waals surface area contributed by atoms with Crippen LogP contribution in [0.25, 0.3) is 0 Å². The number of nitrogens with zero attached hydrogens (tertiary/aromatic N) is 3. The molecule has 0 radical (unpaired) electrons. The summed E-state index contributed by atoms with van der Waals surface area (Å²) in [5.74, 6) is 2.76. The van der Waals surface area contributed by atoms with Gasteiger partial charge in [0, 0.05) is 44.5 Å². The number of likely N-dealkylation sites (tertiary alicyclic amines) is 1. The van der Waals surface area contributed by atoms with Gasteiger partial charge < -0.3 is 9.80 Å². The van der Waals surface area contributed by atoms with Crippen molar-refractivity contribution in [2.75, 3.05) is 33.7 Å². The van der Waals surface area contributed by atoms with Crippen LogP contribution in [-0.4, -0.2) is 55.1 Å². The third-order valence-electron chi connectivity index (χ3n) is 8.32. The molecule has 0 aromatic heterocycles. The van der Waals surface area contributed by atoms with Gasteiger partial charge in [0.05, 0.1) is 0 Å². The fraction of sp³-hybridized carbons (Fsp3) is 0.500. The third-order valence-corrected chi connectivity index (χ3v) is 8.32. The summed E-state index contributed by atoms with van der Waals surface area (Å²) in [6.07, 6.45) is 8.25. The number of rotatable bonds is 11. The third kappa shape index (κ3) is 6.94. The van der Waals surface area contributed by atoms with E-state index in [1.165, 1.54) is 17.5 Å². The van der Waals surface area contributed by atoms with Crippen LogP contribution < -0.4 is 0 Å². The number of carbonyl (C=O) groups excluding carboxylic acids is 1. The molecule has 4 heteroatoms. The molecule has 1 atom stereocenters. The maximum atomic E-state index is 12.8. The molecule has 192 valence electrons. The lowest BCUT2D eigenvalue weighted by molar-refractivity contribution is -0.125. The van der Waals surface area contributed by atoms with Crippen molar-refractivity contribution >= 4 is 11.6 Å². The molecule has 0 bridgehead atoms. The summed E-state index contributed by atoms with van der Waals surface area (Å²) in [6, 6.07) is 21.2. The number of aliphatic imine (C=N–C) groups is 1. The molecule has 2 aliphatic rings. The molecule has 1 aliphatic heterocycles. The zero-order valence-electron chi connectivity index (χ0n) is 22.2. The van der Waals surface area contributed by atoms with Crippen molar-refractivity contribution in [1.82, 2.24) is 9.80 Å². The van der Waals surface area contributed by atoms with Gasteiger partial charge in [-0.1, -0.05) is 73.7 Å². The lowest BCUT2D eigenvalue weighted by Crippen LogP contribution is -2.41. The molecule has 1 saturated carbocycles. The summed E-state index contributed by atoms with van der Waals surface area (Å²) in [7, 11) is 4.03. The molecule has 1 heterocycles. The van der Waals surface area contributed by atoms with Gasteiger partial charge in [0.2, 0.25) is 0 Å². The molecule has 2 fully saturated rings. The van der Waals surface area contributed by atoms with Gasteiger partial charge in [-0.05, 0) is 68.8 Å². The van der Waals surface area contributed by atoms with Gasteiger partial charge in [-0.15, -0.1) is 0 Å². The van der Waals surface area contributed by atoms with E-state index < -0.39 is 0 Å². The van der Waals surface area contributed by atoms with Gasteiger partial charge in [-0.3, -0.25) is 9.79 Å². The van der Waals surface area contributed by atoms with E-state index in [4.69, 9.17) is 4.99 Å². The Morgan fingerprint density at radius 2 is 1.64 bits per heavy atom. The fourth-order valence-corrected chi connectivity index (χ4v) is 5.72. The minimum absolute atomic E-state index is 0.326. The Bertz CT molecular complexity index is 1000. The monoisotopic (exact) mass is 485 g/mol. The van der Waals surface area contributed by atoms with Crippen LogP contribution in [0.2, 0.25) is 0 Å². The quantitative estimate of drug-likeness (QED) is 0.275. The van der Waals surface area contributed by atoms with Gasteiger partial charge in [0.25, 0.3) is 0 Å². The smallest absolute Gasteiger partial charge is 0.136 e. The second kappa shape index (κ2) is 13.0. The van der Waals surface area contributed by atoms with Gasteiger partial charge >= 0.3 is 0 Å². The summed E-state index contributed by atoms with van der Waals surface area (Å²) >= 11 is 0. The lowest BCUT2D eigenvalue weighted by atomic mass is 9.78. The summed E-state index contributed by atoms with van der Waals surface area (Å²) in [5, 5.41) is 0. The predicted molar refractivity (Wildman–Crippen MR) is 150 cm³/mol. The molecular formula is C32H43N3O. The maximum absolute atomic E-state index is 12.8. The zero-order valence-corrected chi connectivity index (χ0v) is 22.2. The molecule has 0 amide bonds. The molecule has 2 aromatic rings. The van der Waals surface area contributed by atoms with Crippen LogP contribution in [0.3, 0.4) is 0 Å². The summed E-state index contributed by atoms with van der Waals surface area (Å²) in [6.45, 7) is 7.58. The van der Waals surface area contributed by atoms with Gasteiger partial charge in [-0.2, -0.15) is 0 Å². The van der Waals surface area contributed by atoms with Crippen LogP contribution in [0.4, 0.5) is 0 Å². The van der Waals surface area contributed by atoms with Gasteiger partial charge in [0.15, 0.2) is 0 Å². The Hall–Kier alpha value is -2.72. The second-order valence-corrected chi connectivity index (χ2v) is 10.7. The molecule has 4 rings (SSSR count). The number of benzene rings is 2. The maximum Gasteiger partial charge on any atom is 0.136 e. The average Bonchev–Trinajstić information content (AvgIpc) is 2.87. The van der Waals surface area contributed by atoms with Crippen molar-refractivity contribution in [2.24, 2.45) is 16.8 Å². The van der Waals surface area contributed by atoms with E-state index >= 15 is 0 Å². The molecule has 1 unspecified atom stereocenters. The number of Topliss-reactive ketones (excluding diaryl/α,β-unsaturated/α-hetero) is 1. The summed E-state index contributed by atoms with van der Waals surface area (Å²) in [5.41, 5.74) is 3.69. The molecule has 4 nitrogen and oxygen atoms in total. The predicted octanol–water partition coefficient (Wildman–Crippen LogP) is 6.35. The highest BCUT2D eigenvalue weighted by molar-refractivity contribution is 5.86. The highest BCUT2D eigenvalue weighted by Crippen LogP contribution is 2.33. The van der Waals surface area contributed by atoms with Crippen molar-refractivity contribution in [3.63, 3.8) is 0 Å². The van der Waals surface area contributed by atoms with Gasteiger partial charge in [-0.25, -0.2) is 0 Å². The number of likely N-dealkylation sites (N-methyl/N-ethyl adjacent to an activating group) is 1. The number of hydrogen-bond donors (Lipinski definition) is 0. The fourth-order valence-electron chi connectivity index (χ4n) is 5.72. The van der Waals surface area contributed by atoms with E-state index in [1.54, 1.807) is 0 Å². The van der Waals surface area contributed by atoms with Crippen LogP contribution in [0, 0.1) is 11.8 Å². The van der Waals surface area contributed by atoms with Crippen molar-refractivity contribution in [1.29, 1.82) is 0 Å². The summed E-state index contributed by atoms with van der Waals surface area (Å²) in [4.78, 5) is 22.3. The number of ketones is 1. The Labute approximate surface area is 218 Å². The summed E-state index contributed by atoms with van der Waals surface area (Å²) < 4.78 is 0. The molecular weight excluding hydrogens is 442 g/mol. The Morgan fingerprint density at radius 3 is 2.22 bits per heavy atom. The average molecular weight is 486 g/mol. The Balaban J connectivity index is 1.28. The molecule has 2 aromatic carbocycles. The van der Waals surface area contributed by atoms with Crippen molar-refractivity contribution in [3.05, 3.63) is 84.1 Å². The van der Waals surface area contributed by atoms with Gasteiger partial charge in [0.1, 0.15) is 11.6 Å².